The molecule has 0 fully saturated rings. The largest absolute Gasteiger partial charge is 0.456 e. The van der Waals surface area contributed by atoms with Gasteiger partial charge in [-0.05, 0) is 157 Å². The quantitative estimate of drug-likeness (QED) is 0.0706. The highest BCUT2D eigenvalue weighted by molar-refractivity contribution is 5.97. The van der Waals surface area contributed by atoms with E-state index in [-0.39, 0.29) is 11.7 Å². The molecule has 3 aliphatic heterocycles. The van der Waals surface area contributed by atoms with E-state index in [4.69, 9.17) is 19.2 Å². The number of nitrogens with zero attached hydrogens (tertiary/aromatic N) is 5. The van der Waals surface area contributed by atoms with Gasteiger partial charge in [0.25, 0.3) is 0 Å². The molecule has 0 saturated heterocycles. The van der Waals surface area contributed by atoms with Gasteiger partial charge in [0.05, 0.1) is 5.56 Å². The van der Waals surface area contributed by atoms with E-state index in [0.717, 1.165) is 119 Å². The minimum absolute atomic E-state index is 0.120. The van der Waals surface area contributed by atoms with Crippen molar-refractivity contribution in [3.05, 3.63) is 182 Å². The Labute approximate surface area is 418 Å². The molecule has 9 rings (SSSR count). The normalized spacial score (nSPS) is 17.6. The molecule has 1 spiro atoms. The van der Waals surface area contributed by atoms with E-state index >= 15 is 0 Å². The Morgan fingerprint density at radius 1 is 0.634 bits per heavy atom. The molecule has 0 bridgehead atoms. The molecule has 0 aromatic heterocycles. The van der Waals surface area contributed by atoms with Gasteiger partial charge in [-0.2, -0.15) is 0 Å². The van der Waals surface area contributed by atoms with Crippen LogP contribution in [-0.4, -0.2) is 64.6 Å². The number of aliphatic imine (C=N–C) groups is 2. The first kappa shape index (κ1) is 48.4. The number of fused-ring (bicyclic) bond motifs is 6. The molecule has 364 valence electrons. The number of likely N-dealkylation sites (N-methyl/N-ethyl adjacent to an activating group) is 1. The van der Waals surface area contributed by atoms with Crippen molar-refractivity contribution < 1.29 is 23.8 Å². The van der Waals surface area contributed by atoms with Crippen LogP contribution in [0.3, 0.4) is 0 Å². The third-order valence-corrected chi connectivity index (χ3v) is 14.4. The minimum atomic E-state index is -1.32. The molecule has 71 heavy (non-hydrogen) atoms. The summed E-state index contributed by atoms with van der Waals surface area (Å²) in [6, 6.07) is 39.2. The Hall–Kier alpha value is -7.66. The number of ether oxygens (including phenoxy) is 3. The topological polar surface area (TPSA) is 108 Å². The van der Waals surface area contributed by atoms with Gasteiger partial charge in [-0.25, -0.2) is 9.59 Å². The summed E-state index contributed by atoms with van der Waals surface area (Å²) in [5.41, 5.74) is 11.8. The lowest BCUT2D eigenvalue weighted by atomic mass is 9.77. The van der Waals surface area contributed by atoms with Gasteiger partial charge >= 0.3 is 11.9 Å². The maximum atomic E-state index is 13.6. The molecule has 0 saturated carbocycles. The van der Waals surface area contributed by atoms with Crippen LogP contribution in [0.2, 0.25) is 0 Å². The number of anilines is 5. The molecule has 2 unspecified atom stereocenters. The van der Waals surface area contributed by atoms with E-state index in [1.165, 1.54) is 5.56 Å². The van der Waals surface area contributed by atoms with E-state index < -0.39 is 17.2 Å². The molecule has 6 aromatic carbocycles. The molecule has 1 N–H and O–H groups in total. The molecule has 3 aliphatic rings. The van der Waals surface area contributed by atoms with E-state index in [1.807, 2.05) is 43.3 Å². The van der Waals surface area contributed by atoms with Gasteiger partial charge in [-0.3, -0.25) is 9.98 Å². The Balaban J connectivity index is 0.964. The van der Waals surface area contributed by atoms with Crippen molar-refractivity contribution in [2.45, 2.75) is 79.4 Å². The summed E-state index contributed by atoms with van der Waals surface area (Å²) in [5, 5.41) is 3.67. The molecule has 0 radical (unpaired) electrons. The van der Waals surface area contributed by atoms with E-state index in [1.54, 1.807) is 6.21 Å². The number of hydrogen-bond donors (Lipinski definition) is 1. The van der Waals surface area contributed by atoms with Gasteiger partial charge in [0, 0.05) is 108 Å². The third-order valence-electron chi connectivity index (χ3n) is 14.4. The molecule has 0 amide bonds. The fraction of sp³-hybridized carbons (Fsp3) is 0.300. The lowest BCUT2D eigenvalue weighted by molar-refractivity contribution is -0.145. The van der Waals surface area contributed by atoms with Gasteiger partial charge < -0.3 is 34.2 Å². The van der Waals surface area contributed by atoms with E-state index in [2.05, 4.69) is 166 Å². The molecule has 3 heterocycles. The number of nitrogens with one attached hydrogen (secondary N) is 1. The van der Waals surface area contributed by atoms with Crippen molar-refractivity contribution in [1.82, 2.24) is 0 Å². The molecule has 11 nitrogen and oxygen atoms in total. The first-order valence-electron chi connectivity index (χ1n) is 24.9. The number of cyclic esters (lactones) is 1. The highest BCUT2D eigenvalue weighted by Gasteiger charge is 2.54. The summed E-state index contributed by atoms with van der Waals surface area (Å²) in [5.74, 6) is 0.428. The molecule has 2 atom stereocenters. The summed E-state index contributed by atoms with van der Waals surface area (Å²) in [4.78, 5) is 43.0. The lowest BCUT2D eigenvalue weighted by Crippen LogP contribution is -2.33. The smallest absolute Gasteiger partial charge is 0.360 e. The van der Waals surface area contributed by atoms with Gasteiger partial charge in [0.1, 0.15) is 17.2 Å². The van der Waals surface area contributed by atoms with Crippen LogP contribution in [0.15, 0.2) is 137 Å². The second-order valence-electron chi connectivity index (χ2n) is 18.6. The number of benzene rings is 6. The highest BCUT2D eigenvalue weighted by Crippen LogP contribution is 2.58. The van der Waals surface area contributed by atoms with Crippen molar-refractivity contribution in [3.63, 3.8) is 0 Å². The number of carbonyl (C=O) groups is 2. The maximum absolute atomic E-state index is 13.6. The fourth-order valence-electron chi connectivity index (χ4n) is 10.8. The number of rotatable bonds is 17. The second kappa shape index (κ2) is 19.6. The van der Waals surface area contributed by atoms with Crippen LogP contribution in [-0.2, 0) is 31.9 Å². The number of aryl methyl sites for hydroxylation is 3. The summed E-state index contributed by atoms with van der Waals surface area (Å²) in [7, 11) is 2.08. The van der Waals surface area contributed by atoms with Gasteiger partial charge in [-0.1, -0.05) is 49.4 Å². The van der Waals surface area contributed by atoms with Crippen LogP contribution in [0.4, 0.5) is 28.4 Å². The second-order valence-corrected chi connectivity index (χ2v) is 18.6. The standard InChI is InChI=1S/C60H64N6O5/c1-11-31-64(10)43-24-29-50-54(36-43)69-53-35-40(8)52(37-51(53)59(50)49-19-17-16-18-46(49)57(67)70-59)63-42-22-20-41(21-23-42)30-32-66(15-5)45-26-28-48(39(7)34-45)60(56(62-12-2)55(61-9)58(68)71-60)47-27-25-44(33-38(47)6)65(13-3)14-4/h12,16-29,33-37,63H,9,11,13-15,30-32H2,1-8,10H3. The molecular weight excluding hydrogens is 885 g/mol. The monoisotopic (exact) mass is 948 g/mol. The first-order valence-corrected chi connectivity index (χ1v) is 24.9. The van der Waals surface area contributed by atoms with Crippen molar-refractivity contribution in [2.75, 3.05) is 59.8 Å². The summed E-state index contributed by atoms with van der Waals surface area (Å²) < 4.78 is 19.7. The van der Waals surface area contributed by atoms with Crippen molar-refractivity contribution in [3.8, 4) is 11.5 Å². The van der Waals surface area contributed by atoms with E-state index in [0.29, 0.717) is 22.8 Å². The molecule has 6 aromatic rings. The Morgan fingerprint density at radius 2 is 1.25 bits per heavy atom. The van der Waals surface area contributed by atoms with Crippen LogP contribution < -0.4 is 24.8 Å². The number of hydrogen-bond acceptors (Lipinski definition) is 11. The highest BCUT2D eigenvalue weighted by atomic mass is 16.6. The van der Waals surface area contributed by atoms with Crippen LogP contribution >= 0.6 is 0 Å². The van der Waals surface area contributed by atoms with Crippen LogP contribution in [0, 0.1) is 20.8 Å². The Bertz CT molecular complexity index is 3120. The zero-order valence-corrected chi connectivity index (χ0v) is 42.5. The predicted octanol–water partition coefficient (Wildman–Crippen LogP) is 12.5. The predicted molar refractivity (Wildman–Crippen MR) is 288 cm³/mol. The maximum Gasteiger partial charge on any atom is 0.360 e. The Morgan fingerprint density at radius 3 is 1.89 bits per heavy atom. The zero-order chi connectivity index (χ0) is 50.2. The van der Waals surface area contributed by atoms with E-state index in [9.17, 15) is 9.59 Å². The summed E-state index contributed by atoms with van der Waals surface area (Å²) >= 11 is 0. The molecule has 11 heteroatoms. The van der Waals surface area contributed by atoms with Crippen LogP contribution in [0.1, 0.15) is 101 Å². The first-order chi connectivity index (χ1) is 34.3. The number of carbonyl (C=O) groups excluding carboxylic acids is 2. The summed E-state index contributed by atoms with van der Waals surface area (Å²) in [6.07, 6.45) is 3.51. The average molecular weight is 949 g/mol. The zero-order valence-electron chi connectivity index (χ0n) is 42.5. The molecule has 0 aliphatic carbocycles. The number of esters is 2. The van der Waals surface area contributed by atoms with Crippen LogP contribution in [0.5, 0.6) is 11.5 Å². The fourth-order valence-corrected chi connectivity index (χ4v) is 10.8. The Kier molecular flexibility index (Phi) is 13.4. The SMILES string of the molecule is C=NC1=C(N=CC)C(c2ccc(N(CC)CC)cc2C)(c2ccc(N(CC)CCc3ccc(Nc4cc5c(cc4C)Oc4cc(N(C)CCC)ccc4C54OC(=O)c5ccccc54)cc3)cc2C)OC1=O. The van der Waals surface area contributed by atoms with Gasteiger partial charge in [-0.15, -0.1) is 0 Å². The van der Waals surface area contributed by atoms with Crippen LogP contribution in [0.25, 0.3) is 0 Å². The van der Waals surface area contributed by atoms with Crippen molar-refractivity contribution >= 4 is 53.3 Å². The summed E-state index contributed by atoms with van der Waals surface area (Å²) in [6.45, 7) is 24.6. The third kappa shape index (κ3) is 8.30. The minimum Gasteiger partial charge on any atom is -0.456 e. The van der Waals surface area contributed by atoms with Gasteiger partial charge in [0.15, 0.2) is 11.3 Å². The molecular formula is C60H64N6O5. The lowest BCUT2D eigenvalue weighted by Gasteiger charge is -2.37. The van der Waals surface area contributed by atoms with Crippen molar-refractivity contribution in [1.29, 1.82) is 0 Å². The van der Waals surface area contributed by atoms with Gasteiger partial charge in [0.2, 0.25) is 5.60 Å². The average Bonchev–Trinajstić information content (AvgIpc) is 3.82. The van der Waals surface area contributed by atoms with Crippen molar-refractivity contribution in [2.24, 2.45) is 9.98 Å².